The van der Waals surface area contributed by atoms with Gasteiger partial charge in [0.15, 0.2) is 0 Å². The minimum atomic E-state index is -0.0263. The molecule has 2 aromatic rings. The van der Waals surface area contributed by atoms with Crippen LogP contribution in [0.15, 0.2) is 41.7 Å². The van der Waals surface area contributed by atoms with E-state index in [1.807, 2.05) is 12.1 Å². The van der Waals surface area contributed by atoms with Gasteiger partial charge in [-0.1, -0.05) is 6.92 Å². The van der Waals surface area contributed by atoms with Crippen molar-refractivity contribution in [1.29, 1.82) is 0 Å². The van der Waals surface area contributed by atoms with Crippen molar-refractivity contribution in [2.24, 2.45) is 17.8 Å². The Morgan fingerprint density at radius 1 is 1.07 bits per heavy atom. The molecule has 0 aromatic carbocycles. The first kappa shape index (κ1) is 19.8. The van der Waals surface area contributed by atoms with Gasteiger partial charge in [-0.05, 0) is 62.5 Å². The topological polar surface area (TPSA) is 68.1 Å². The first-order valence-electron chi connectivity index (χ1n) is 10.9. The van der Waals surface area contributed by atoms with Gasteiger partial charge in [-0.25, -0.2) is 4.98 Å². The van der Waals surface area contributed by atoms with Gasteiger partial charge in [0.25, 0.3) is 5.56 Å². The van der Waals surface area contributed by atoms with Crippen LogP contribution in [-0.2, 0) is 11.3 Å². The van der Waals surface area contributed by atoms with Crippen LogP contribution in [-0.4, -0.2) is 38.4 Å². The Morgan fingerprint density at radius 3 is 2.41 bits per heavy atom. The second kappa shape index (κ2) is 8.89. The van der Waals surface area contributed by atoms with E-state index >= 15 is 0 Å². The van der Waals surface area contributed by atoms with Gasteiger partial charge in [-0.3, -0.25) is 19.1 Å². The first-order valence-corrected chi connectivity index (χ1v) is 10.9. The highest BCUT2D eigenvalue weighted by Gasteiger charge is 2.30. The lowest BCUT2D eigenvalue weighted by molar-refractivity contribution is -0.138. The predicted octanol–water partition coefficient (Wildman–Crippen LogP) is 3.37. The van der Waals surface area contributed by atoms with E-state index in [1.54, 1.807) is 29.4 Å². The normalized spacial score (nSPS) is 23.1. The van der Waals surface area contributed by atoms with Crippen LogP contribution in [0.25, 0.3) is 11.3 Å². The number of amides is 1. The molecular weight excluding hydrogens is 364 g/mol. The largest absolute Gasteiger partial charge is 0.342 e. The van der Waals surface area contributed by atoms with E-state index in [4.69, 9.17) is 0 Å². The standard InChI is InChI=1S/C23H30N4O2/c1-17-2-4-20(5-3-17)23(29)26-12-8-18(9-13-26)15-27-16-25-21(14-22(27)28)19-6-10-24-11-7-19/h6-7,10-11,14,16-18,20H,2-5,8-9,12-13,15H2,1H3. The fourth-order valence-electron chi connectivity index (χ4n) is 4.62. The highest BCUT2D eigenvalue weighted by Crippen LogP contribution is 2.31. The molecule has 0 atom stereocenters. The molecule has 29 heavy (non-hydrogen) atoms. The molecule has 6 heteroatoms. The van der Waals surface area contributed by atoms with Gasteiger partial charge < -0.3 is 4.90 Å². The van der Waals surface area contributed by atoms with Gasteiger partial charge in [0.1, 0.15) is 0 Å². The summed E-state index contributed by atoms with van der Waals surface area (Å²) in [6, 6.07) is 5.30. The van der Waals surface area contributed by atoms with Crippen LogP contribution in [0.1, 0.15) is 45.4 Å². The molecule has 3 heterocycles. The molecule has 0 unspecified atom stereocenters. The molecule has 0 spiro atoms. The van der Waals surface area contributed by atoms with Gasteiger partial charge in [-0.15, -0.1) is 0 Å². The van der Waals surface area contributed by atoms with Crippen LogP contribution in [0.5, 0.6) is 0 Å². The third-order valence-electron chi connectivity index (χ3n) is 6.60. The molecule has 4 rings (SSSR count). The second-order valence-electron chi connectivity index (χ2n) is 8.73. The van der Waals surface area contributed by atoms with E-state index in [0.717, 1.165) is 50.3 Å². The van der Waals surface area contributed by atoms with Crippen LogP contribution in [0.2, 0.25) is 0 Å². The summed E-state index contributed by atoms with van der Waals surface area (Å²) in [5.74, 6) is 1.77. The molecule has 1 saturated heterocycles. The molecule has 154 valence electrons. The fourth-order valence-corrected chi connectivity index (χ4v) is 4.62. The zero-order chi connectivity index (χ0) is 20.2. The molecule has 2 aliphatic rings. The van der Waals surface area contributed by atoms with Gasteiger partial charge >= 0.3 is 0 Å². The Labute approximate surface area is 172 Å². The Hall–Kier alpha value is -2.50. The lowest BCUT2D eigenvalue weighted by Gasteiger charge is -2.36. The number of pyridine rings is 1. The van der Waals surface area contributed by atoms with Crippen LogP contribution in [0, 0.1) is 17.8 Å². The van der Waals surface area contributed by atoms with E-state index in [2.05, 4.69) is 21.8 Å². The number of carbonyl (C=O) groups is 1. The monoisotopic (exact) mass is 394 g/mol. The minimum Gasteiger partial charge on any atom is -0.342 e. The summed E-state index contributed by atoms with van der Waals surface area (Å²) in [7, 11) is 0. The molecule has 0 bridgehead atoms. The first-order chi connectivity index (χ1) is 14.1. The number of likely N-dealkylation sites (tertiary alicyclic amines) is 1. The maximum absolute atomic E-state index is 12.8. The van der Waals surface area contributed by atoms with Crippen LogP contribution in [0.4, 0.5) is 0 Å². The third kappa shape index (κ3) is 4.74. The summed E-state index contributed by atoms with van der Waals surface area (Å²) in [5.41, 5.74) is 1.55. The summed E-state index contributed by atoms with van der Waals surface area (Å²) < 4.78 is 1.70. The molecule has 1 amide bonds. The van der Waals surface area contributed by atoms with E-state index < -0.39 is 0 Å². The smallest absolute Gasteiger partial charge is 0.253 e. The van der Waals surface area contributed by atoms with Crippen molar-refractivity contribution < 1.29 is 4.79 Å². The Morgan fingerprint density at radius 2 is 1.76 bits per heavy atom. The summed E-state index contributed by atoms with van der Waals surface area (Å²) in [6.45, 7) is 4.58. The predicted molar refractivity (Wildman–Crippen MR) is 112 cm³/mol. The van der Waals surface area contributed by atoms with E-state index in [0.29, 0.717) is 24.1 Å². The number of hydrogen-bond acceptors (Lipinski definition) is 4. The van der Waals surface area contributed by atoms with Crippen molar-refractivity contribution >= 4 is 5.91 Å². The molecular formula is C23H30N4O2. The summed E-state index contributed by atoms with van der Waals surface area (Å²) in [6.07, 6.45) is 11.4. The van der Waals surface area contributed by atoms with Crippen LogP contribution in [0.3, 0.4) is 0 Å². The minimum absolute atomic E-state index is 0.0263. The molecule has 0 N–H and O–H groups in total. The van der Waals surface area contributed by atoms with Crippen molar-refractivity contribution in [2.45, 2.75) is 52.0 Å². The molecule has 0 radical (unpaired) electrons. The van der Waals surface area contributed by atoms with Crippen molar-refractivity contribution in [3.63, 3.8) is 0 Å². The van der Waals surface area contributed by atoms with Gasteiger partial charge in [0, 0.05) is 49.6 Å². The number of hydrogen-bond donors (Lipinski definition) is 0. The van der Waals surface area contributed by atoms with Crippen molar-refractivity contribution in [2.75, 3.05) is 13.1 Å². The lowest BCUT2D eigenvalue weighted by atomic mass is 9.82. The number of aromatic nitrogens is 3. The van der Waals surface area contributed by atoms with Crippen molar-refractivity contribution in [1.82, 2.24) is 19.4 Å². The molecule has 6 nitrogen and oxygen atoms in total. The van der Waals surface area contributed by atoms with Crippen LogP contribution < -0.4 is 5.56 Å². The van der Waals surface area contributed by atoms with E-state index in [1.165, 1.54) is 12.8 Å². The zero-order valence-corrected chi connectivity index (χ0v) is 17.2. The summed E-state index contributed by atoms with van der Waals surface area (Å²) in [5, 5.41) is 0. The maximum Gasteiger partial charge on any atom is 0.253 e. The molecule has 2 aromatic heterocycles. The average molecular weight is 395 g/mol. The van der Waals surface area contributed by atoms with E-state index in [9.17, 15) is 9.59 Å². The quantitative estimate of drug-likeness (QED) is 0.797. The Kier molecular flexibility index (Phi) is 6.07. The van der Waals surface area contributed by atoms with Crippen LogP contribution >= 0.6 is 0 Å². The molecule has 2 fully saturated rings. The molecule has 1 saturated carbocycles. The van der Waals surface area contributed by atoms with Gasteiger partial charge in [0.2, 0.25) is 5.91 Å². The number of nitrogens with zero attached hydrogens (tertiary/aromatic N) is 4. The van der Waals surface area contributed by atoms with Gasteiger partial charge in [0.05, 0.1) is 12.0 Å². The van der Waals surface area contributed by atoms with E-state index in [-0.39, 0.29) is 11.5 Å². The molecule has 1 aliphatic heterocycles. The zero-order valence-electron chi connectivity index (χ0n) is 17.2. The number of rotatable bonds is 4. The van der Waals surface area contributed by atoms with Crippen molar-refractivity contribution in [3.05, 3.63) is 47.3 Å². The lowest BCUT2D eigenvalue weighted by Crippen LogP contribution is -2.43. The fraction of sp³-hybridized carbons (Fsp3) is 0.565. The highest BCUT2D eigenvalue weighted by atomic mass is 16.2. The number of piperidine rings is 1. The third-order valence-corrected chi connectivity index (χ3v) is 6.60. The number of carbonyl (C=O) groups excluding carboxylic acids is 1. The van der Waals surface area contributed by atoms with Gasteiger partial charge in [-0.2, -0.15) is 0 Å². The SMILES string of the molecule is CC1CCC(C(=O)N2CCC(Cn3cnc(-c4ccncc4)cc3=O)CC2)CC1. The van der Waals surface area contributed by atoms with Crippen molar-refractivity contribution in [3.8, 4) is 11.3 Å². The summed E-state index contributed by atoms with van der Waals surface area (Å²) in [4.78, 5) is 35.9. The summed E-state index contributed by atoms with van der Waals surface area (Å²) >= 11 is 0. The maximum atomic E-state index is 12.8. The second-order valence-corrected chi connectivity index (χ2v) is 8.73. The average Bonchev–Trinajstić information content (AvgIpc) is 2.76. The molecule has 1 aliphatic carbocycles. The Bertz CT molecular complexity index is 879. The Balaban J connectivity index is 1.32. The highest BCUT2D eigenvalue weighted by molar-refractivity contribution is 5.79.